The van der Waals surface area contributed by atoms with E-state index >= 15 is 0 Å². The molecule has 0 radical (unpaired) electrons. The Morgan fingerprint density at radius 2 is 1.82 bits per heavy atom. The molecule has 17 heavy (non-hydrogen) atoms. The fourth-order valence-corrected chi connectivity index (χ4v) is 5.57. The average molecular weight is 336 g/mol. The Morgan fingerprint density at radius 3 is 2.24 bits per heavy atom. The molecule has 0 saturated heterocycles. The van der Waals surface area contributed by atoms with E-state index in [0.717, 1.165) is 3.79 Å². The molecule has 6 heteroatoms. The van der Waals surface area contributed by atoms with Gasteiger partial charge in [-0.1, -0.05) is 0 Å². The molecule has 0 aromatic carbocycles. The van der Waals surface area contributed by atoms with Crippen LogP contribution in [0.3, 0.4) is 0 Å². The van der Waals surface area contributed by atoms with Gasteiger partial charge in [-0.15, -0.1) is 11.3 Å². The summed E-state index contributed by atoms with van der Waals surface area (Å²) in [6.07, 6.45) is 4.71. The lowest BCUT2D eigenvalue weighted by molar-refractivity contribution is 0.472. The SMILES string of the molecule is O=S(=O)(NC(C1CC1)C1CC1)c1ccc(Br)s1. The quantitative estimate of drug-likeness (QED) is 0.899. The predicted molar refractivity (Wildman–Crippen MR) is 71.6 cm³/mol. The standard InChI is InChI=1S/C11H14BrNO2S2/c12-9-5-6-10(16-9)17(14,15)13-11(7-1-2-7)8-3-4-8/h5-8,11,13H,1-4H2. The van der Waals surface area contributed by atoms with Gasteiger partial charge in [0.25, 0.3) is 0 Å². The second-order valence-corrected chi connectivity index (χ2v) is 9.28. The van der Waals surface area contributed by atoms with Crippen LogP contribution in [0, 0.1) is 11.8 Å². The van der Waals surface area contributed by atoms with Gasteiger partial charge in [-0.05, 0) is 65.6 Å². The fraction of sp³-hybridized carbons (Fsp3) is 0.636. The van der Waals surface area contributed by atoms with E-state index in [0.29, 0.717) is 16.0 Å². The van der Waals surface area contributed by atoms with Crippen LogP contribution in [0.4, 0.5) is 0 Å². The molecule has 2 saturated carbocycles. The first-order valence-corrected chi connectivity index (χ1v) is 8.93. The van der Waals surface area contributed by atoms with Gasteiger partial charge < -0.3 is 0 Å². The molecule has 2 aliphatic rings. The van der Waals surface area contributed by atoms with Gasteiger partial charge in [0.15, 0.2) is 0 Å². The van der Waals surface area contributed by atoms with E-state index in [1.807, 2.05) is 0 Å². The van der Waals surface area contributed by atoms with E-state index in [-0.39, 0.29) is 6.04 Å². The number of thiophene rings is 1. The molecule has 0 spiro atoms. The first-order valence-electron chi connectivity index (χ1n) is 5.84. The second-order valence-electron chi connectivity index (χ2n) is 4.88. The molecule has 1 aromatic rings. The van der Waals surface area contributed by atoms with E-state index in [1.54, 1.807) is 12.1 Å². The van der Waals surface area contributed by atoms with Crippen LogP contribution in [0.5, 0.6) is 0 Å². The highest BCUT2D eigenvalue weighted by atomic mass is 79.9. The van der Waals surface area contributed by atoms with Crippen LogP contribution < -0.4 is 4.72 Å². The molecule has 3 rings (SSSR count). The summed E-state index contributed by atoms with van der Waals surface area (Å²) < 4.78 is 28.6. The zero-order valence-corrected chi connectivity index (χ0v) is 12.4. The lowest BCUT2D eigenvalue weighted by Gasteiger charge is -2.16. The van der Waals surface area contributed by atoms with Crippen molar-refractivity contribution in [2.45, 2.75) is 35.9 Å². The minimum Gasteiger partial charge on any atom is -0.207 e. The Bertz CT molecular complexity index is 505. The molecule has 3 nitrogen and oxygen atoms in total. The Labute approximate surface area is 114 Å². The van der Waals surface area contributed by atoms with Gasteiger partial charge in [-0.3, -0.25) is 0 Å². The number of sulfonamides is 1. The van der Waals surface area contributed by atoms with Crippen LogP contribution in [-0.2, 0) is 10.0 Å². The minimum atomic E-state index is -3.31. The molecule has 1 heterocycles. The van der Waals surface area contributed by atoms with Crippen LogP contribution in [0.25, 0.3) is 0 Å². The van der Waals surface area contributed by atoms with Crippen LogP contribution in [-0.4, -0.2) is 14.5 Å². The first-order chi connectivity index (χ1) is 8.06. The van der Waals surface area contributed by atoms with Crippen molar-refractivity contribution in [2.24, 2.45) is 11.8 Å². The summed E-state index contributed by atoms with van der Waals surface area (Å²) in [5, 5.41) is 0. The molecule has 94 valence electrons. The third kappa shape index (κ3) is 2.75. The third-order valence-electron chi connectivity index (χ3n) is 3.36. The molecule has 2 aliphatic carbocycles. The fourth-order valence-electron chi connectivity index (χ4n) is 2.17. The molecular formula is C11H14BrNO2S2. The summed E-state index contributed by atoms with van der Waals surface area (Å²) in [6.45, 7) is 0. The van der Waals surface area contributed by atoms with E-state index in [2.05, 4.69) is 20.7 Å². The number of hydrogen-bond donors (Lipinski definition) is 1. The number of halogens is 1. The van der Waals surface area contributed by atoms with Crippen molar-refractivity contribution in [3.05, 3.63) is 15.9 Å². The molecule has 0 amide bonds. The molecule has 1 aromatic heterocycles. The average Bonchev–Trinajstić information content (AvgIpc) is 3.15. The van der Waals surface area contributed by atoms with Gasteiger partial charge in [-0.2, -0.15) is 0 Å². The smallest absolute Gasteiger partial charge is 0.207 e. The molecule has 0 atom stereocenters. The van der Waals surface area contributed by atoms with Crippen LogP contribution in [0.2, 0.25) is 0 Å². The van der Waals surface area contributed by atoms with E-state index < -0.39 is 10.0 Å². The van der Waals surface area contributed by atoms with Crippen molar-refractivity contribution in [1.29, 1.82) is 0 Å². The Balaban J connectivity index is 1.78. The van der Waals surface area contributed by atoms with Crippen LogP contribution >= 0.6 is 27.3 Å². The van der Waals surface area contributed by atoms with Crippen molar-refractivity contribution in [3.63, 3.8) is 0 Å². The maximum Gasteiger partial charge on any atom is 0.250 e. The lowest BCUT2D eigenvalue weighted by atomic mass is 10.1. The van der Waals surface area contributed by atoms with E-state index in [1.165, 1.54) is 37.0 Å². The van der Waals surface area contributed by atoms with Gasteiger partial charge in [0.1, 0.15) is 4.21 Å². The Hall–Kier alpha value is 0.0900. The number of hydrogen-bond acceptors (Lipinski definition) is 3. The maximum atomic E-state index is 12.2. The molecule has 0 bridgehead atoms. The van der Waals surface area contributed by atoms with Crippen molar-refractivity contribution in [1.82, 2.24) is 4.72 Å². The third-order valence-corrected chi connectivity index (χ3v) is 6.94. The lowest BCUT2D eigenvalue weighted by Crippen LogP contribution is -2.37. The number of rotatable bonds is 5. The van der Waals surface area contributed by atoms with Crippen molar-refractivity contribution >= 4 is 37.3 Å². The zero-order chi connectivity index (χ0) is 12.0. The minimum absolute atomic E-state index is 0.181. The Morgan fingerprint density at radius 1 is 1.24 bits per heavy atom. The highest BCUT2D eigenvalue weighted by Crippen LogP contribution is 2.45. The summed E-state index contributed by atoms with van der Waals surface area (Å²) in [6, 6.07) is 3.62. The summed E-state index contributed by atoms with van der Waals surface area (Å²) in [4.78, 5) is 0. The zero-order valence-electron chi connectivity index (χ0n) is 9.23. The van der Waals surface area contributed by atoms with Crippen LogP contribution in [0.15, 0.2) is 20.1 Å². The van der Waals surface area contributed by atoms with E-state index in [9.17, 15) is 8.42 Å². The largest absolute Gasteiger partial charge is 0.250 e. The normalized spacial score (nSPS) is 21.1. The van der Waals surface area contributed by atoms with Crippen molar-refractivity contribution in [3.8, 4) is 0 Å². The van der Waals surface area contributed by atoms with Gasteiger partial charge in [-0.25, -0.2) is 13.1 Å². The van der Waals surface area contributed by atoms with Gasteiger partial charge in [0.05, 0.1) is 3.79 Å². The summed E-state index contributed by atoms with van der Waals surface area (Å²) >= 11 is 4.57. The predicted octanol–water partition coefficient (Wildman–Crippen LogP) is 2.98. The first kappa shape index (κ1) is 12.1. The van der Waals surface area contributed by atoms with Gasteiger partial charge >= 0.3 is 0 Å². The summed E-state index contributed by atoms with van der Waals surface area (Å²) in [5.41, 5.74) is 0. The highest BCUT2D eigenvalue weighted by Gasteiger charge is 2.43. The van der Waals surface area contributed by atoms with Crippen molar-refractivity contribution < 1.29 is 8.42 Å². The van der Waals surface area contributed by atoms with Crippen LogP contribution in [0.1, 0.15) is 25.7 Å². The second kappa shape index (κ2) is 4.33. The monoisotopic (exact) mass is 335 g/mol. The van der Waals surface area contributed by atoms with Crippen molar-refractivity contribution in [2.75, 3.05) is 0 Å². The Kier molecular flexibility index (Phi) is 3.09. The maximum absolute atomic E-state index is 12.2. The van der Waals surface area contributed by atoms with Gasteiger partial charge in [0, 0.05) is 6.04 Å². The number of nitrogens with one attached hydrogen (secondary N) is 1. The summed E-state index contributed by atoms with van der Waals surface area (Å²) in [5.74, 6) is 1.17. The molecule has 1 N–H and O–H groups in total. The highest BCUT2D eigenvalue weighted by molar-refractivity contribution is 9.11. The molecule has 0 unspecified atom stereocenters. The summed E-state index contributed by atoms with van der Waals surface area (Å²) in [7, 11) is -3.31. The molecular weight excluding hydrogens is 322 g/mol. The van der Waals surface area contributed by atoms with Gasteiger partial charge in [0.2, 0.25) is 10.0 Å². The van der Waals surface area contributed by atoms with E-state index in [4.69, 9.17) is 0 Å². The topological polar surface area (TPSA) is 46.2 Å². The molecule has 0 aliphatic heterocycles. The molecule has 2 fully saturated rings.